The molecule has 0 saturated heterocycles. The van der Waals surface area contributed by atoms with Gasteiger partial charge in [-0.15, -0.1) is 0 Å². The van der Waals surface area contributed by atoms with Gasteiger partial charge in [-0.2, -0.15) is 0 Å². The average molecular weight is 178 g/mol. The maximum Gasteiger partial charge on any atom is 0.120 e. The molecule has 0 aliphatic heterocycles. The van der Waals surface area contributed by atoms with E-state index < -0.39 is 0 Å². The van der Waals surface area contributed by atoms with Gasteiger partial charge in [-0.1, -0.05) is 13.0 Å². The van der Waals surface area contributed by atoms with Crippen LogP contribution in [0.3, 0.4) is 0 Å². The Morgan fingerprint density at radius 1 is 1.15 bits per heavy atom. The predicted octanol–water partition coefficient (Wildman–Crippen LogP) is 3.48. The van der Waals surface area contributed by atoms with E-state index in [1.54, 1.807) is 0 Å². The average Bonchev–Trinajstić information content (AvgIpc) is 2.02. The van der Waals surface area contributed by atoms with Crippen LogP contribution in [0, 0.1) is 13.8 Å². The Hall–Kier alpha value is -0.980. The molecule has 0 saturated carbocycles. The van der Waals surface area contributed by atoms with Gasteiger partial charge in [0.15, 0.2) is 0 Å². The fourth-order valence-electron chi connectivity index (χ4n) is 1.32. The first kappa shape index (κ1) is 10.1. The molecule has 1 rings (SSSR count). The number of aryl methyl sites for hydroxylation is 2. The van der Waals surface area contributed by atoms with Gasteiger partial charge in [0.2, 0.25) is 0 Å². The van der Waals surface area contributed by atoms with Crippen LogP contribution in [0.1, 0.15) is 31.4 Å². The molecule has 0 aliphatic rings. The molecule has 0 aromatic heterocycles. The Morgan fingerprint density at radius 3 is 2.15 bits per heavy atom. The van der Waals surface area contributed by atoms with E-state index in [0.29, 0.717) is 6.10 Å². The lowest BCUT2D eigenvalue weighted by atomic mass is 10.1. The smallest absolute Gasteiger partial charge is 0.120 e. The van der Waals surface area contributed by atoms with Gasteiger partial charge in [-0.05, 0) is 50.5 Å². The minimum Gasteiger partial charge on any atom is -0.491 e. The third-order valence-electron chi connectivity index (χ3n) is 2.11. The summed E-state index contributed by atoms with van der Waals surface area (Å²) in [5, 5.41) is 0. The summed E-state index contributed by atoms with van der Waals surface area (Å²) in [5.74, 6) is 0.992. The van der Waals surface area contributed by atoms with Crippen molar-refractivity contribution in [1.29, 1.82) is 0 Å². The highest BCUT2D eigenvalue weighted by Gasteiger charge is 2.01. The van der Waals surface area contributed by atoms with Gasteiger partial charge in [0, 0.05) is 0 Å². The van der Waals surface area contributed by atoms with Crippen molar-refractivity contribution < 1.29 is 4.74 Å². The molecule has 1 heteroatoms. The molecule has 0 radical (unpaired) electrons. The van der Waals surface area contributed by atoms with Gasteiger partial charge in [-0.25, -0.2) is 0 Å². The maximum absolute atomic E-state index is 5.73. The van der Waals surface area contributed by atoms with Crippen LogP contribution in [-0.2, 0) is 0 Å². The van der Waals surface area contributed by atoms with Crippen molar-refractivity contribution in [1.82, 2.24) is 0 Å². The quantitative estimate of drug-likeness (QED) is 0.688. The zero-order chi connectivity index (χ0) is 9.84. The Morgan fingerprint density at radius 2 is 1.69 bits per heavy atom. The standard InChI is InChI=1S/C12H18O/c1-5-11(4)13-12-7-9(2)6-10(3)8-12/h6-8,11H,5H2,1-4H3. The van der Waals surface area contributed by atoms with Crippen molar-refractivity contribution in [2.24, 2.45) is 0 Å². The second-order valence-corrected chi connectivity index (χ2v) is 3.66. The van der Waals surface area contributed by atoms with Crippen molar-refractivity contribution in [3.8, 4) is 5.75 Å². The van der Waals surface area contributed by atoms with Crippen LogP contribution in [0.4, 0.5) is 0 Å². The van der Waals surface area contributed by atoms with E-state index in [1.807, 2.05) is 0 Å². The van der Waals surface area contributed by atoms with Crippen molar-refractivity contribution in [2.45, 2.75) is 40.2 Å². The summed E-state index contributed by atoms with van der Waals surface area (Å²) >= 11 is 0. The van der Waals surface area contributed by atoms with Crippen LogP contribution in [-0.4, -0.2) is 6.10 Å². The summed E-state index contributed by atoms with van der Waals surface area (Å²) in [6, 6.07) is 6.32. The molecule has 0 fully saturated rings. The molecule has 1 atom stereocenters. The maximum atomic E-state index is 5.73. The van der Waals surface area contributed by atoms with Gasteiger partial charge in [0.25, 0.3) is 0 Å². The van der Waals surface area contributed by atoms with Crippen LogP contribution in [0.5, 0.6) is 5.75 Å². The van der Waals surface area contributed by atoms with Crippen molar-refractivity contribution in [2.75, 3.05) is 0 Å². The summed E-state index contributed by atoms with van der Waals surface area (Å²) in [7, 11) is 0. The normalized spacial score (nSPS) is 12.6. The molecule has 1 aromatic rings. The van der Waals surface area contributed by atoms with Crippen LogP contribution in [0.15, 0.2) is 18.2 Å². The van der Waals surface area contributed by atoms with E-state index in [9.17, 15) is 0 Å². The molecule has 1 nitrogen and oxygen atoms in total. The number of ether oxygens (including phenoxy) is 1. The lowest BCUT2D eigenvalue weighted by Crippen LogP contribution is -2.09. The fourth-order valence-corrected chi connectivity index (χ4v) is 1.32. The first-order chi connectivity index (χ1) is 6.11. The predicted molar refractivity (Wildman–Crippen MR) is 56.3 cm³/mol. The zero-order valence-corrected chi connectivity index (χ0v) is 8.92. The summed E-state index contributed by atoms with van der Waals surface area (Å²) in [5.41, 5.74) is 2.52. The van der Waals surface area contributed by atoms with Crippen LogP contribution in [0.25, 0.3) is 0 Å². The number of rotatable bonds is 3. The Balaban J connectivity index is 2.77. The molecule has 0 spiro atoms. The van der Waals surface area contributed by atoms with Crippen LogP contribution >= 0.6 is 0 Å². The summed E-state index contributed by atoms with van der Waals surface area (Å²) in [6.45, 7) is 8.41. The topological polar surface area (TPSA) is 9.23 Å². The first-order valence-electron chi connectivity index (χ1n) is 4.86. The minimum atomic E-state index is 0.307. The number of hydrogen-bond donors (Lipinski definition) is 0. The van der Waals surface area contributed by atoms with Gasteiger partial charge in [0.05, 0.1) is 6.10 Å². The SMILES string of the molecule is CCC(C)Oc1cc(C)cc(C)c1. The second kappa shape index (κ2) is 4.31. The van der Waals surface area contributed by atoms with Gasteiger partial charge >= 0.3 is 0 Å². The molecule has 72 valence electrons. The summed E-state index contributed by atoms with van der Waals surface area (Å²) < 4.78 is 5.73. The monoisotopic (exact) mass is 178 g/mol. The molecule has 0 aliphatic carbocycles. The molecular formula is C12H18O. The Bertz CT molecular complexity index is 258. The highest BCUT2D eigenvalue weighted by atomic mass is 16.5. The third-order valence-corrected chi connectivity index (χ3v) is 2.11. The van der Waals surface area contributed by atoms with E-state index in [-0.39, 0.29) is 0 Å². The van der Waals surface area contributed by atoms with Gasteiger partial charge in [0.1, 0.15) is 5.75 Å². The van der Waals surface area contributed by atoms with Crippen molar-refractivity contribution in [3.63, 3.8) is 0 Å². The van der Waals surface area contributed by atoms with Crippen molar-refractivity contribution >= 4 is 0 Å². The second-order valence-electron chi connectivity index (χ2n) is 3.66. The lowest BCUT2D eigenvalue weighted by molar-refractivity contribution is 0.217. The van der Waals surface area contributed by atoms with E-state index in [0.717, 1.165) is 12.2 Å². The van der Waals surface area contributed by atoms with Crippen molar-refractivity contribution in [3.05, 3.63) is 29.3 Å². The molecule has 0 N–H and O–H groups in total. The fraction of sp³-hybridized carbons (Fsp3) is 0.500. The number of benzene rings is 1. The highest BCUT2D eigenvalue weighted by molar-refractivity contribution is 5.33. The molecular weight excluding hydrogens is 160 g/mol. The van der Waals surface area contributed by atoms with E-state index in [2.05, 4.69) is 45.9 Å². The van der Waals surface area contributed by atoms with Gasteiger partial charge in [-0.3, -0.25) is 0 Å². The molecule has 1 unspecified atom stereocenters. The molecule has 1 aromatic carbocycles. The van der Waals surface area contributed by atoms with E-state index >= 15 is 0 Å². The lowest BCUT2D eigenvalue weighted by Gasteiger charge is -2.13. The van der Waals surface area contributed by atoms with Crippen LogP contribution < -0.4 is 4.74 Å². The largest absolute Gasteiger partial charge is 0.491 e. The first-order valence-corrected chi connectivity index (χ1v) is 4.86. The Labute approximate surface area is 80.7 Å². The Kier molecular flexibility index (Phi) is 3.35. The summed E-state index contributed by atoms with van der Waals surface area (Å²) in [6.07, 6.45) is 1.36. The molecule has 0 heterocycles. The summed E-state index contributed by atoms with van der Waals surface area (Å²) in [4.78, 5) is 0. The zero-order valence-electron chi connectivity index (χ0n) is 8.92. The highest BCUT2D eigenvalue weighted by Crippen LogP contribution is 2.18. The van der Waals surface area contributed by atoms with Crippen LogP contribution in [0.2, 0.25) is 0 Å². The van der Waals surface area contributed by atoms with Gasteiger partial charge < -0.3 is 4.74 Å². The molecule has 13 heavy (non-hydrogen) atoms. The van der Waals surface area contributed by atoms with E-state index in [4.69, 9.17) is 4.74 Å². The third kappa shape index (κ3) is 3.10. The number of hydrogen-bond acceptors (Lipinski definition) is 1. The molecule has 0 amide bonds. The van der Waals surface area contributed by atoms with E-state index in [1.165, 1.54) is 11.1 Å². The minimum absolute atomic E-state index is 0.307. The molecule has 0 bridgehead atoms.